The molecule has 7 nitrogen and oxygen atoms in total. The summed E-state index contributed by atoms with van der Waals surface area (Å²) < 4.78 is 14.4. The zero-order chi connectivity index (χ0) is 14.5. The van der Waals surface area contributed by atoms with Crippen molar-refractivity contribution in [2.75, 3.05) is 6.54 Å². The highest BCUT2D eigenvalue weighted by atomic mass is 19.1. The summed E-state index contributed by atoms with van der Waals surface area (Å²) in [6.07, 6.45) is 4.06. The molecule has 1 aromatic heterocycles. The molecule has 0 radical (unpaired) electrons. The van der Waals surface area contributed by atoms with E-state index in [9.17, 15) is 14.5 Å². The van der Waals surface area contributed by atoms with Crippen LogP contribution in [-0.4, -0.2) is 26.5 Å². The molecule has 0 saturated carbocycles. The Bertz CT molecular complexity index is 614. The number of nitrogens with zero attached hydrogens (tertiary/aromatic N) is 4. The Hall–Kier alpha value is -2.35. The fourth-order valence-electron chi connectivity index (χ4n) is 1.82. The van der Waals surface area contributed by atoms with Gasteiger partial charge in [0.2, 0.25) is 0 Å². The highest BCUT2D eigenvalue weighted by Crippen LogP contribution is 2.23. The monoisotopic (exact) mass is 279 g/mol. The first-order valence-corrected chi connectivity index (χ1v) is 6.17. The quantitative estimate of drug-likeness (QED) is 0.491. The lowest BCUT2D eigenvalue weighted by atomic mass is 10.2. The number of aryl methyl sites for hydroxylation is 1. The first-order chi connectivity index (χ1) is 9.61. The summed E-state index contributed by atoms with van der Waals surface area (Å²) in [6, 6.07) is 3.33. The van der Waals surface area contributed by atoms with E-state index < -0.39 is 10.7 Å². The van der Waals surface area contributed by atoms with Crippen LogP contribution in [0.1, 0.15) is 18.5 Å². The summed E-state index contributed by atoms with van der Waals surface area (Å²) in [4.78, 5) is 10.3. The predicted molar refractivity (Wildman–Crippen MR) is 70.0 cm³/mol. The Morgan fingerprint density at radius 3 is 2.90 bits per heavy atom. The van der Waals surface area contributed by atoms with Crippen LogP contribution in [0.5, 0.6) is 0 Å². The van der Waals surface area contributed by atoms with Gasteiger partial charge in [-0.05, 0) is 37.9 Å². The largest absolute Gasteiger partial charge is 0.330 e. The van der Waals surface area contributed by atoms with E-state index in [2.05, 4.69) is 10.3 Å². The molecule has 20 heavy (non-hydrogen) atoms. The lowest BCUT2D eigenvalue weighted by Gasteiger charge is -2.01. The average molecular weight is 279 g/mol. The van der Waals surface area contributed by atoms with Gasteiger partial charge in [0, 0.05) is 0 Å². The van der Waals surface area contributed by atoms with Crippen molar-refractivity contribution in [3.05, 3.63) is 46.0 Å². The summed E-state index contributed by atoms with van der Waals surface area (Å²) in [6.45, 7) is 0.609. The molecule has 1 heterocycles. The van der Waals surface area contributed by atoms with E-state index in [-0.39, 0.29) is 11.4 Å². The van der Waals surface area contributed by atoms with Crippen molar-refractivity contribution in [3.63, 3.8) is 0 Å². The molecule has 106 valence electrons. The molecular weight excluding hydrogens is 265 g/mol. The molecule has 0 amide bonds. The molecule has 1 aromatic carbocycles. The lowest BCUT2D eigenvalue weighted by Crippen LogP contribution is -2.01. The molecular formula is C12H14FN5O2. The van der Waals surface area contributed by atoms with E-state index in [1.165, 1.54) is 10.7 Å². The van der Waals surface area contributed by atoms with Crippen molar-refractivity contribution in [1.29, 1.82) is 0 Å². The van der Waals surface area contributed by atoms with E-state index in [1.807, 2.05) is 0 Å². The van der Waals surface area contributed by atoms with E-state index in [0.29, 0.717) is 13.0 Å². The molecule has 2 aromatic rings. The first kappa shape index (κ1) is 14.1. The van der Waals surface area contributed by atoms with Crippen molar-refractivity contribution >= 4 is 5.69 Å². The second-order valence-corrected chi connectivity index (χ2v) is 4.29. The van der Waals surface area contributed by atoms with Crippen LogP contribution in [0.3, 0.4) is 0 Å². The van der Waals surface area contributed by atoms with E-state index >= 15 is 0 Å². The maximum atomic E-state index is 13.1. The standard InChI is InChI=1S/C12H14FN5O2/c13-9-4-5-11(12(7-9)18(19)20)17-8-10(15-16-17)3-1-2-6-14/h4-5,7-8H,1-3,6,14H2. The van der Waals surface area contributed by atoms with Crippen LogP contribution >= 0.6 is 0 Å². The Labute approximate surface area is 114 Å². The topological polar surface area (TPSA) is 99.9 Å². The highest BCUT2D eigenvalue weighted by Gasteiger charge is 2.17. The minimum Gasteiger partial charge on any atom is -0.330 e. The van der Waals surface area contributed by atoms with Gasteiger partial charge in [-0.2, -0.15) is 0 Å². The smallest absolute Gasteiger partial charge is 0.297 e. The lowest BCUT2D eigenvalue weighted by molar-refractivity contribution is -0.384. The molecule has 0 spiro atoms. The number of unbranched alkanes of at least 4 members (excludes halogenated alkanes) is 1. The second-order valence-electron chi connectivity index (χ2n) is 4.29. The zero-order valence-corrected chi connectivity index (χ0v) is 10.7. The Morgan fingerprint density at radius 2 is 2.20 bits per heavy atom. The summed E-state index contributed by atoms with van der Waals surface area (Å²) >= 11 is 0. The second kappa shape index (κ2) is 6.20. The van der Waals surface area contributed by atoms with Gasteiger partial charge in [-0.15, -0.1) is 5.10 Å². The van der Waals surface area contributed by atoms with Crippen LogP contribution in [-0.2, 0) is 6.42 Å². The molecule has 0 aliphatic heterocycles. The van der Waals surface area contributed by atoms with Crippen LogP contribution in [0.25, 0.3) is 5.69 Å². The van der Waals surface area contributed by atoms with Gasteiger partial charge in [0.05, 0.1) is 22.9 Å². The van der Waals surface area contributed by atoms with Crippen LogP contribution in [0, 0.1) is 15.9 Å². The number of nitrogens with two attached hydrogens (primary N) is 1. The number of halogens is 1. The number of hydrogen-bond acceptors (Lipinski definition) is 5. The van der Waals surface area contributed by atoms with Crippen molar-refractivity contribution in [3.8, 4) is 5.69 Å². The molecule has 0 unspecified atom stereocenters. The van der Waals surface area contributed by atoms with E-state index in [0.717, 1.165) is 30.7 Å². The van der Waals surface area contributed by atoms with Gasteiger partial charge >= 0.3 is 0 Å². The third kappa shape index (κ3) is 3.15. The molecule has 8 heteroatoms. The van der Waals surface area contributed by atoms with Gasteiger partial charge in [0.25, 0.3) is 5.69 Å². The predicted octanol–water partition coefficient (Wildman–Crippen LogP) is 1.60. The average Bonchev–Trinajstić information content (AvgIpc) is 2.87. The minimum absolute atomic E-state index is 0.189. The summed E-state index contributed by atoms with van der Waals surface area (Å²) in [5, 5.41) is 18.7. The molecule has 0 atom stereocenters. The molecule has 0 fully saturated rings. The van der Waals surface area contributed by atoms with Crippen LogP contribution < -0.4 is 5.73 Å². The number of aromatic nitrogens is 3. The van der Waals surface area contributed by atoms with Gasteiger partial charge in [0.1, 0.15) is 11.5 Å². The Kier molecular flexibility index (Phi) is 4.36. The fraction of sp³-hybridized carbons (Fsp3) is 0.333. The van der Waals surface area contributed by atoms with Gasteiger partial charge in [-0.3, -0.25) is 10.1 Å². The maximum Gasteiger partial charge on any atom is 0.297 e. The van der Waals surface area contributed by atoms with E-state index in [1.54, 1.807) is 6.20 Å². The zero-order valence-electron chi connectivity index (χ0n) is 10.7. The number of benzene rings is 1. The van der Waals surface area contributed by atoms with E-state index in [4.69, 9.17) is 5.73 Å². The highest BCUT2D eigenvalue weighted by molar-refractivity contribution is 5.51. The summed E-state index contributed by atoms with van der Waals surface area (Å²) in [7, 11) is 0. The minimum atomic E-state index is -0.663. The Morgan fingerprint density at radius 1 is 1.40 bits per heavy atom. The Balaban J connectivity index is 2.25. The third-order valence-electron chi connectivity index (χ3n) is 2.81. The summed E-state index contributed by atoms with van der Waals surface area (Å²) in [5.74, 6) is -0.663. The number of rotatable bonds is 6. The SMILES string of the molecule is NCCCCc1cn(-c2ccc(F)cc2[N+](=O)[O-])nn1. The van der Waals surface area contributed by atoms with Gasteiger partial charge in [-0.25, -0.2) is 9.07 Å². The molecule has 0 aliphatic rings. The van der Waals surface area contributed by atoms with Crippen LogP contribution in [0.2, 0.25) is 0 Å². The van der Waals surface area contributed by atoms with Crippen LogP contribution in [0.15, 0.2) is 24.4 Å². The van der Waals surface area contributed by atoms with Gasteiger partial charge in [0.15, 0.2) is 0 Å². The number of hydrogen-bond donors (Lipinski definition) is 1. The first-order valence-electron chi connectivity index (χ1n) is 6.17. The normalized spacial score (nSPS) is 10.7. The molecule has 0 bridgehead atoms. The van der Waals surface area contributed by atoms with Crippen LogP contribution in [0.4, 0.5) is 10.1 Å². The summed E-state index contributed by atoms with van der Waals surface area (Å²) in [5.41, 5.74) is 5.97. The molecule has 0 aliphatic carbocycles. The molecule has 2 rings (SSSR count). The number of nitro groups is 1. The van der Waals surface area contributed by atoms with Crippen molar-refractivity contribution in [2.24, 2.45) is 5.73 Å². The maximum absolute atomic E-state index is 13.1. The van der Waals surface area contributed by atoms with Crippen molar-refractivity contribution < 1.29 is 9.31 Å². The van der Waals surface area contributed by atoms with Crippen molar-refractivity contribution in [2.45, 2.75) is 19.3 Å². The number of nitro benzene ring substituents is 1. The fourth-order valence-corrected chi connectivity index (χ4v) is 1.82. The third-order valence-corrected chi connectivity index (χ3v) is 2.81. The van der Waals surface area contributed by atoms with Gasteiger partial charge < -0.3 is 5.73 Å². The molecule has 2 N–H and O–H groups in total. The van der Waals surface area contributed by atoms with Gasteiger partial charge in [-0.1, -0.05) is 5.21 Å². The molecule has 0 saturated heterocycles. The van der Waals surface area contributed by atoms with Crippen molar-refractivity contribution in [1.82, 2.24) is 15.0 Å².